The number of pyridine rings is 1. The molecule has 32 heavy (non-hydrogen) atoms. The minimum atomic E-state index is -0.122. The second-order valence-electron chi connectivity index (χ2n) is 9.81. The fourth-order valence-corrected chi connectivity index (χ4v) is 5.71. The van der Waals surface area contributed by atoms with E-state index in [0.29, 0.717) is 6.04 Å². The van der Waals surface area contributed by atoms with Crippen LogP contribution in [0, 0.1) is 0 Å². The standard InChI is InChI=1S/C24H31N5O2S/c1-23(2)12-17(13-24(3,4)28-23)29(5)22-27-26-21(32-22)18-9-7-15(11-19(18)31-6)16-8-10-20(30)25-14-16/h7-11,14,17,28H,12-13H2,1-6H3,(H,25,30). The van der Waals surface area contributed by atoms with Crippen molar-refractivity contribution >= 4 is 16.5 Å². The van der Waals surface area contributed by atoms with Crippen LogP contribution < -0.4 is 20.5 Å². The lowest BCUT2D eigenvalue weighted by Gasteiger charge is -2.48. The van der Waals surface area contributed by atoms with Gasteiger partial charge in [-0.3, -0.25) is 4.79 Å². The van der Waals surface area contributed by atoms with Crippen molar-refractivity contribution in [1.82, 2.24) is 20.5 Å². The number of aromatic nitrogens is 3. The van der Waals surface area contributed by atoms with Crippen LogP contribution in [-0.2, 0) is 0 Å². The van der Waals surface area contributed by atoms with Crippen molar-refractivity contribution < 1.29 is 4.74 Å². The van der Waals surface area contributed by atoms with Gasteiger partial charge in [0, 0.05) is 36.4 Å². The number of ether oxygens (including phenoxy) is 1. The highest BCUT2D eigenvalue weighted by Crippen LogP contribution is 2.39. The third-order valence-corrected chi connectivity index (χ3v) is 7.03. The van der Waals surface area contributed by atoms with Crippen LogP contribution in [-0.4, -0.2) is 46.5 Å². The number of hydrogen-bond acceptors (Lipinski definition) is 7. The molecule has 0 atom stereocenters. The number of anilines is 1. The molecule has 2 N–H and O–H groups in total. The van der Waals surface area contributed by atoms with Gasteiger partial charge < -0.3 is 19.9 Å². The van der Waals surface area contributed by atoms with Crippen molar-refractivity contribution in [2.24, 2.45) is 0 Å². The fraction of sp³-hybridized carbons (Fsp3) is 0.458. The Morgan fingerprint density at radius 2 is 1.75 bits per heavy atom. The lowest BCUT2D eigenvalue weighted by molar-refractivity contribution is 0.161. The predicted octanol–water partition coefficient (Wildman–Crippen LogP) is 4.31. The van der Waals surface area contributed by atoms with Crippen molar-refractivity contribution in [2.45, 2.75) is 57.7 Å². The molecule has 0 amide bonds. The Labute approximate surface area is 192 Å². The number of piperidine rings is 1. The zero-order valence-electron chi connectivity index (χ0n) is 19.5. The topological polar surface area (TPSA) is 83.1 Å². The molecule has 7 nitrogen and oxygen atoms in total. The van der Waals surface area contributed by atoms with Gasteiger partial charge in [0.15, 0.2) is 5.01 Å². The first-order chi connectivity index (χ1) is 15.1. The molecule has 1 aliphatic rings. The second kappa shape index (κ2) is 8.33. The number of benzene rings is 1. The predicted molar refractivity (Wildman–Crippen MR) is 131 cm³/mol. The van der Waals surface area contributed by atoms with Gasteiger partial charge in [0.25, 0.3) is 0 Å². The average Bonchev–Trinajstić information content (AvgIpc) is 3.21. The second-order valence-corrected chi connectivity index (χ2v) is 10.8. The van der Waals surface area contributed by atoms with Crippen molar-refractivity contribution in [3.63, 3.8) is 0 Å². The molecule has 4 rings (SSSR count). The molecule has 0 radical (unpaired) electrons. The van der Waals surface area contributed by atoms with E-state index in [2.05, 4.69) is 60.1 Å². The molecule has 3 heterocycles. The van der Waals surface area contributed by atoms with Crippen molar-refractivity contribution in [3.05, 3.63) is 46.9 Å². The molecular formula is C24H31N5O2S. The Morgan fingerprint density at radius 3 is 2.38 bits per heavy atom. The highest BCUT2D eigenvalue weighted by molar-refractivity contribution is 7.18. The molecule has 3 aromatic rings. The van der Waals surface area contributed by atoms with E-state index in [9.17, 15) is 4.79 Å². The summed E-state index contributed by atoms with van der Waals surface area (Å²) in [4.78, 5) is 16.3. The highest BCUT2D eigenvalue weighted by atomic mass is 32.1. The minimum Gasteiger partial charge on any atom is -0.496 e. The maximum Gasteiger partial charge on any atom is 0.247 e. The minimum absolute atomic E-state index is 0.0644. The molecular weight excluding hydrogens is 422 g/mol. The van der Waals surface area contributed by atoms with E-state index in [1.54, 1.807) is 30.7 Å². The van der Waals surface area contributed by atoms with Gasteiger partial charge in [-0.25, -0.2) is 0 Å². The molecule has 170 valence electrons. The van der Waals surface area contributed by atoms with Crippen LogP contribution in [0.4, 0.5) is 5.13 Å². The highest BCUT2D eigenvalue weighted by Gasteiger charge is 2.39. The molecule has 0 saturated carbocycles. The largest absolute Gasteiger partial charge is 0.496 e. The van der Waals surface area contributed by atoms with E-state index in [0.717, 1.165) is 45.4 Å². The Morgan fingerprint density at radius 1 is 1.06 bits per heavy atom. The summed E-state index contributed by atoms with van der Waals surface area (Å²) in [6.07, 6.45) is 3.79. The third kappa shape index (κ3) is 4.71. The van der Waals surface area contributed by atoms with Gasteiger partial charge >= 0.3 is 0 Å². The van der Waals surface area contributed by atoms with Gasteiger partial charge in [-0.05, 0) is 69.9 Å². The third-order valence-electron chi connectivity index (χ3n) is 5.98. The number of rotatable bonds is 5. The van der Waals surface area contributed by atoms with Crippen LogP contribution in [0.15, 0.2) is 41.3 Å². The molecule has 1 aliphatic heterocycles. The number of hydrogen-bond donors (Lipinski definition) is 2. The first-order valence-corrected chi connectivity index (χ1v) is 11.6. The van der Waals surface area contributed by atoms with Crippen LogP contribution in [0.2, 0.25) is 0 Å². The number of nitrogens with zero attached hydrogens (tertiary/aromatic N) is 3. The van der Waals surface area contributed by atoms with E-state index >= 15 is 0 Å². The Kier molecular flexibility index (Phi) is 5.85. The first kappa shape index (κ1) is 22.5. The fourth-order valence-electron chi connectivity index (χ4n) is 4.80. The van der Waals surface area contributed by atoms with Gasteiger partial charge in [-0.1, -0.05) is 17.4 Å². The molecule has 1 saturated heterocycles. The molecule has 1 fully saturated rings. The number of aromatic amines is 1. The summed E-state index contributed by atoms with van der Waals surface area (Å²) in [5.41, 5.74) is 2.79. The van der Waals surface area contributed by atoms with Crippen molar-refractivity contribution in [3.8, 4) is 27.4 Å². The molecule has 1 aromatic carbocycles. The Bertz CT molecular complexity index is 1130. The van der Waals surface area contributed by atoms with Crippen LogP contribution >= 0.6 is 11.3 Å². The SMILES string of the molecule is COc1cc(-c2ccc(=O)[nH]c2)ccc1-c1nnc(N(C)C2CC(C)(C)NC(C)(C)C2)s1. The average molecular weight is 454 g/mol. The van der Waals surface area contributed by atoms with Gasteiger partial charge in [-0.15, -0.1) is 10.2 Å². The van der Waals surface area contributed by atoms with Gasteiger partial charge in [-0.2, -0.15) is 0 Å². The molecule has 2 aromatic heterocycles. The van der Waals surface area contributed by atoms with Crippen LogP contribution in [0.5, 0.6) is 5.75 Å². The number of nitrogens with one attached hydrogen (secondary N) is 2. The van der Waals surface area contributed by atoms with Gasteiger partial charge in [0.1, 0.15) is 5.75 Å². The summed E-state index contributed by atoms with van der Waals surface area (Å²) in [5, 5.41) is 14.5. The molecule has 0 aliphatic carbocycles. The maximum atomic E-state index is 11.4. The summed E-state index contributed by atoms with van der Waals surface area (Å²) < 4.78 is 5.67. The smallest absolute Gasteiger partial charge is 0.247 e. The van der Waals surface area contributed by atoms with Crippen molar-refractivity contribution in [1.29, 1.82) is 0 Å². The van der Waals surface area contributed by atoms with E-state index in [-0.39, 0.29) is 16.6 Å². The summed E-state index contributed by atoms with van der Waals surface area (Å²) in [5.74, 6) is 0.725. The molecule has 0 bridgehead atoms. The Balaban J connectivity index is 1.60. The van der Waals surface area contributed by atoms with E-state index in [1.165, 1.54) is 6.07 Å². The number of H-pyrrole nitrogens is 1. The maximum absolute atomic E-state index is 11.4. The van der Waals surface area contributed by atoms with E-state index < -0.39 is 0 Å². The van der Waals surface area contributed by atoms with E-state index in [4.69, 9.17) is 4.74 Å². The van der Waals surface area contributed by atoms with Gasteiger partial charge in [0.05, 0.1) is 12.7 Å². The van der Waals surface area contributed by atoms with Crippen LogP contribution in [0.3, 0.4) is 0 Å². The first-order valence-electron chi connectivity index (χ1n) is 10.8. The normalized spacial score (nSPS) is 17.8. The molecule has 0 spiro atoms. The summed E-state index contributed by atoms with van der Waals surface area (Å²) in [6.45, 7) is 9.04. The summed E-state index contributed by atoms with van der Waals surface area (Å²) in [6, 6.07) is 9.67. The van der Waals surface area contributed by atoms with Crippen LogP contribution in [0.1, 0.15) is 40.5 Å². The monoisotopic (exact) mass is 453 g/mol. The lowest BCUT2D eigenvalue weighted by atomic mass is 9.79. The molecule has 0 unspecified atom stereocenters. The van der Waals surface area contributed by atoms with E-state index in [1.807, 2.05) is 18.2 Å². The van der Waals surface area contributed by atoms with Crippen molar-refractivity contribution in [2.75, 3.05) is 19.1 Å². The summed E-state index contributed by atoms with van der Waals surface area (Å²) >= 11 is 1.58. The summed E-state index contributed by atoms with van der Waals surface area (Å²) in [7, 11) is 3.77. The lowest BCUT2D eigenvalue weighted by Crippen LogP contribution is -2.61. The van der Waals surface area contributed by atoms with Crippen LogP contribution in [0.25, 0.3) is 21.7 Å². The molecule has 8 heteroatoms. The zero-order valence-corrected chi connectivity index (χ0v) is 20.3. The number of methoxy groups -OCH3 is 1. The zero-order chi connectivity index (χ0) is 23.1. The quantitative estimate of drug-likeness (QED) is 0.599. The Hall–Kier alpha value is -2.71. The van der Waals surface area contributed by atoms with Gasteiger partial charge in [0.2, 0.25) is 10.7 Å².